The van der Waals surface area contributed by atoms with Crippen molar-refractivity contribution in [3.05, 3.63) is 35.1 Å². The summed E-state index contributed by atoms with van der Waals surface area (Å²) in [5.41, 5.74) is 0.294. The molecule has 1 heterocycles. The molecule has 1 aromatic carbocycles. The van der Waals surface area contributed by atoms with Crippen LogP contribution in [0.15, 0.2) is 12.1 Å². The predicted molar refractivity (Wildman–Crippen MR) is 69.5 cm³/mol. The number of sulfone groups is 1. The summed E-state index contributed by atoms with van der Waals surface area (Å²) in [5, 5.41) is 3.03. The summed E-state index contributed by atoms with van der Waals surface area (Å²) in [6.07, 6.45) is 0.591. The topological polar surface area (TPSA) is 46.2 Å². The molecule has 20 heavy (non-hydrogen) atoms. The molecule has 0 unspecified atom stereocenters. The Morgan fingerprint density at radius 3 is 2.40 bits per heavy atom. The van der Waals surface area contributed by atoms with Gasteiger partial charge in [-0.15, -0.1) is 0 Å². The normalized spacial score (nSPS) is 22.9. The van der Waals surface area contributed by atoms with Gasteiger partial charge in [0.25, 0.3) is 0 Å². The maximum atomic E-state index is 13.1. The molecule has 1 aliphatic rings. The first kappa shape index (κ1) is 15.3. The van der Waals surface area contributed by atoms with E-state index in [-0.39, 0.29) is 23.5 Å². The minimum Gasteiger partial charge on any atom is -0.310 e. The Morgan fingerprint density at radius 1 is 1.30 bits per heavy atom. The molecule has 0 aromatic heterocycles. The summed E-state index contributed by atoms with van der Waals surface area (Å²) in [6.45, 7) is 2.14. The summed E-state index contributed by atoms with van der Waals surface area (Å²) < 4.78 is 61.7. The van der Waals surface area contributed by atoms with Crippen molar-refractivity contribution in [2.45, 2.75) is 19.4 Å². The standard InChI is InChI=1S/C13H16F3NO2S/c1-8(10-4-11(14)13(16)12(15)5-10)17-6-9-2-3-20(18,19)7-9/h4-5,8-9,17H,2-3,6-7H2,1H3/t8-,9+/m0/s1. The second-order valence-electron chi connectivity index (χ2n) is 5.20. The van der Waals surface area contributed by atoms with Gasteiger partial charge < -0.3 is 5.32 Å². The molecule has 0 radical (unpaired) electrons. The van der Waals surface area contributed by atoms with Gasteiger partial charge in [-0.1, -0.05) is 0 Å². The largest absolute Gasteiger partial charge is 0.310 e. The summed E-state index contributed by atoms with van der Waals surface area (Å²) in [7, 11) is -2.94. The first-order valence-electron chi connectivity index (χ1n) is 6.37. The van der Waals surface area contributed by atoms with Crippen LogP contribution in [0.3, 0.4) is 0 Å². The van der Waals surface area contributed by atoms with Crippen molar-refractivity contribution in [3.8, 4) is 0 Å². The van der Waals surface area contributed by atoms with Crippen LogP contribution in [-0.2, 0) is 9.84 Å². The molecule has 3 nitrogen and oxygen atoms in total. The van der Waals surface area contributed by atoms with Crippen molar-refractivity contribution >= 4 is 9.84 Å². The molecule has 0 saturated carbocycles. The van der Waals surface area contributed by atoms with Gasteiger partial charge in [0.1, 0.15) is 0 Å². The molecule has 2 atom stereocenters. The van der Waals surface area contributed by atoms with Crippen LogP contribution >= 0.6 is 0 Å². The van der Waals surface area contributed by atoms with Crippen LogP contribution < -0.4 is 5.32 Å². The summed E-state index contributed by atoms with van der Waals surface area (Å²) in [5.74, 6) is -3.60. The Kier molecular flexibility index (Phi) is 4.39. The van der Waals surface area contributed by atoms with Gasteiger partial charge in [0.05, 0.1) is 11.5 Å². The number of hydrogen-bond donors (Lipinski definition) is 1. The third-order valence-corrected chi connectivity index (χ3v) is 5.38. The number of rotatable bonds is 4. The van der Waals surface area contributed by atoms with Crippen LogP contribution in [0.2, 0.25) is 0 Å². The van der Waals surface area contributed by atoms with E-state index in [0.29, 0.717) is 18.5 Å². The van der Waals surface area contributed by atoms with Gasteiger partial charge >= 0.3 is 0 Å². The van der Waals surface area contributed by atoms with Crippen molar-refractivity contribution in [3.63, 3.8) is 0 Å². The summed E-state index contributed by atoms with van der Waals surface area (Å²) in [6, 6.07) is 1.51. The quantitative estimate of drug-likeness (QED) is 0.867. The molecule has 0 spiro atoms. The SMILES string of the molecule is C[C@H](NC[C@H]1CCS(=O)(=O)C1)c1cc(F)c(F)c(F)c1. The van der Waals surface area contributed by atoms with Crippen LogP contribution in [0.4, 0.5) is 13.2 Å². The molecule has 1 aromatic rings. The molecule has 1 saturated heterocycles. The Hall–Kier alpha value is -1.08. The van der Waals surface area contributed by atoms with Crippen molar-refractivity contribution in [1.29, 1.82) is 0 Å². The van der Waals surface area contributed by atoms with E-state index in [1.54, 1.807) is 6.92 Å². The fourth-order valence-corrected chi connectivity index (χ4v) is 4.18. The van der Waals surface area contributed by atoms with Crippen molar-refractivity contribution < 1.29 is 21.6 Å². The van der Waals surface area contributed by atoms with Gasteiger partial charge in [0.15, 0.2) is 27.3 Å². The predicted octanol–water partition coefficient (Wildman–Crippen LogP) is 2.19. The van der Waals surface area contributed by atoms with Gasteiger partial charge in [0, 0.05) is 6.04 Å². The zero-order valence-corrected chi connectivity index (χ0v) is 11.8. The highest BCUT2D eigenvalue weighted by Gasteiger charge is 2.28. The summed E-state index contributed by atoms with van der Waals surface area (Å²) in [4.78, 5) is 0. The maximum absolute atomic E-state index is 13.1. The molecule has 0 aliphatic carbocycles. The summed E-state index contributed by atoms with van der Waals surface area (Å²) >= 11 is 0. The minimum absolute atomic E-state index is 0.0117. The smallest absolute Gasteiger partial charge is 0.194 e. The number of hydrogen-bond acceptors (Lipinski definition) is 3. The fraction of sp³-hybridized carbons (Fsp3) is 0.538. The number of halogens is 3. The fourth-order valence-electron chi connectivity index (χ4n) is 2.32. The lowest BCUT2D eigenvalue weighted by atomic mass is 10.1. The molecule has 112 valence electrons. The number of benzene rings is 1. The highest BCUT2D eigenvalue weighted by Crippen LogP contribution is 2.21. The molecule has 7 heteroatoms. The van der Waals surface area contributed by atoms with Gasteiger partial charge in [-0.2, -0.15) is 0 Å². The zero-order valence-electron chi connectivity index (χ0n) is 11.0. The van der Waals surface area contributed by atoms with E-state index < -0.39 is 27.3 Å². The van der Waals surface area contributed by atoms with E-state index in [9.17, 15) is 21.6 Å². The van der Waals surface area contributed by atoms with Crippen LogP contribution in [0.1, 0.15) is 24.9 Å². The zero-order chi connectivity index (χ0) is 14.9. The van der Waals surface area contributed by atoms with Gasteiger partial charge in [-0.25, -0.2) is 21.6 Å². The van der Waals surface area contributed by atoms with Crippen LogP contribution in [0, 0.1) is 23.4 Å². The van der Waals surface area contributed by atoms with Gasteiger partial charge in [-0.3, -0.25) is 0 Å². The van der Waals surface area contributed by atoms with Crippen LogP contribution in [0.5, 0.6) is 0 Å². The molecule has 0 bridgehead atoms. The first-order valence-corrected chi connectivity index (χ1v) is 8.19. The van der Waals surface area contributed by atoms with Crippen LogP contribution in [-0.4, -0.2) is 26.5 Å². The third kappa shape index (κ3) is 3.52. The monoisotopic (exact) mass is 307 g/mol. The highest BCUT2D eigenvalue weighted by atomic mass is 32.2. The first-order chi connectivity index (χ1) is 9.28. The molecular weight excluding hydrogens is 291 g/mol. The van der Waals surface area contributed by atoms with E-state index in [4.69, 9.17) is 0 Å². The van der Waals surface area contributed by atoms with Crippen molar-refractivity contribution in [1.82, 2.24) is 5.32 Å². The van der Waals surface area contributed by atoms with E-state index in [1.807, 2.05) is 0 Å². The lowest BCUT2D eigenvalue weighted by Gasteiger charge is -2.17. The average molecular weight is 307 g/mol. The van der Waals surface area contributed by atoms with Crippen LogP contribution in [0.25, 0.3) is 0 Å². The Morgan fingerprint density at radius 2 is 1.90 bits per heavy atom. The van der Waals surface area contributed by atoms with E-state index in [0.717, 1.165) is 12.1 Å². The third-order valence-electron chi connectivity index (χ3n) is 3.55. The highest BCUT2D eigenvalue weighted by molar-refractivity contribution is 7.91. The Bertz CT molecular complexity index is 581. The van der Waals surface area contributed by atoms with E-state index in [1.165, 1.54) is 0 Å². The van der Waals surface area contributed by atoms with Gasteiger partial charge in [-0.05, 0) is 43.5 Å². The number of nitrogens with one attached hydrogen (secondary N) is 1. The van der Waals surface area contributed by atoms with Crippen molar-refractivity contribution in [2.24, 2.45) is 5.92 Å². The van der Waals surface area contributed by atoms with Gasteiger partial charge in [0.2, 0.25) is 0 Å². The molecule has 1 N–H and O–H groups in total. The van der Waals surface area contributed by atoms with E-state index >= 15 is 0 Å². The molecule has 0 amide bonds. The second kappa shape index (κ2) is 5.73. The second-order valence-corrected chi connectivity index (χ2v) is 7.43. The average Bonchev–Trinajstić information content (AvgIpc) is 2.72. The lowest BCUT2D eigenvalue weighted by molar-refractivity contribution is 0.436. The molecular formula is C13H16F3NO2S. The molecule has 1 aliphatic heterocycles. The Labute approximate surface area is 116 Å². The molecule has 2 rings (SSSR count). The lowest BCUT2D eigenvalue weighted by Crippen LogP contribution is -2.26. The maximum Gasteiger partial charge on any atom is 0.194 e. The molecule has 1 fully saturated rings. The Balaban J connectivity index is 1.97. The van der Waals surface area contributed by atoms with E-state index in [2.05, 4.69) is 5.32 Å². The van der Waals surface area contributed by atoms with Crippen molar-refractivity contribution in [2.75, 3.05) is 18.1 Å². The minimum atomic E-state index is -2.94.